The Balaban J connectivity index is 1.17. The van der Waals surface area contributed by atoms with E-state index in [4.69, 9.17) is 42.3 Å². The SMILES string of the molecule is O=C(O)c1cc(C(F)(F)F)c2cc(OCCOCC/C=C/c3c(-c4c(Cl)cncc4Cl)noc3C3CC3)ccc2n1. The summed E-state index contributed by atoms with van der Waals surface area (Å²) >= 11 is 12.7. The fraction of sp³-hybridized carbons (Fsp3) is 0.286. The number of ether oxygens (including phenoxy) is 2. The highest BCUT2D eigenvalue weighted by Crippen LogP contribution is 2.46. The Bertz CT molecular complexity index is 1600. The summed E-state index contributed by atoms with van der Waals surface area (Å²) < 4.78 is 57.4. The molecule has 0 saturated heterocycles. The van der Waals surface area contributed by atoms with Gasteiger partial charge in [0, 0.05) is 34.8 Å². The third-order valence-corrected chi connectivity index (χ3v) is 6.88. The van der Waals surface area contributed by atoms with E-state index in [1.54, 1.807) is 0 Å². The molecule has 1 aromatic carbocycles. The van der Waals surface area contributed by atoms with Gasteiger partial charge in [0.05, 0.1) is 34.3 Å². The van der Waals surface area contributed by atoms with E-state index in [0.29, 0.717) is 46.3 Å². The monoisotopic (exact) mass is 607 g/mol. The van der Waals surface area contributed by atoms with Crippen molar-refractivity contribution in [3.05, 3.63) is 75.4 Å². The molecule has 0 atom stereocenters. The lowest BCUT2D eigenvalue weighted by atomic mass is 10.0. The first-order chi connectivity index (χ1) is 19.6. The molecule has 1 N–H and O–H groups in total. The van der Waals surface area contributed by atoms with E-state index in [0.717, 1.165) is 24.2 Å². The number of nitrogens with zero attached hydrogens (tertiary/aromatic N) is 3. The second-order valence-corrected chi connectivity index (χ2v) is 10.1. The van der Waals surface area contributed by atoms with E-state index in [-0.39, 0.29) is 29.9 Å². The van der Waals surface area contributed by atoms with Crippen molar-refractivity contribution in [2.45, 2.75) is 31.4 Å². The molecule has 3 heterocycles. The Morgan fingerprint density at radius 2 is 1.88 bits per heavy atom. The molecule has 4 aromatic rings. The van der Waals surface area contributed by atoms with Crippen LogP contribution in [0.5, 0.6) is 5.75 Å². The van der Waals surface area contributed by atoms with Crippen LogP contribution in [-0.4, -0.2) is 46.0 Å². The predicted octanol–water partition coefficient (Wildman–Crippen LogP) is 7.68. The van der Waals surface area contributed by atoms with Gasteiger partial charge in [-0.05, 0) is 43.5 Å². The second kappa shape index (κ2) is 12.1. The highest BCUT2D eigenvalue weighted by Gasteiger charge is 2.34. The van der Waals surface area contributed by atoms with Gasteiger partial charge in [0.1, 0.15) is 29.5 Å². The van der Waals surface area contributed by atoms with E-state index in [1.165, 1.54) is 30.6 Å². The molecule has 0 aliphatic heterocycles. The van der Waals surface area contributed by atoms with Gasteiger partial charge in [-0.3, -0.25) is 4.98 Å². The van der Waals surface area contributed by atoms with Crippen LogP contribution >= 0.6 is 23.2 Å². The Morgan fingerprint density at radius 1 is 1.12 bits per heavy atom. The van der Waals surface area contributed by atoms with E-state index in [9.17, 15) is 18.0 Å². The highest BCUT2D eigenvalue weighted by molar-refractivity contribution is 6.39. The number of hydrogen-bond donors (Lipinski definition) is 1. The Kier molecular flexibility index (Phi) is 8.48. The maximum atomic E-state index is 13.5. The quantitative estimate of drug-likeness (QED) is 0.173. The lowest BCUT2D eigenvalue weighted by Gasteiger charge is -2.13. The molecule has 0 amide bonds. The fourth-order valence-corrected chi connectivity index (χ4v) is 4.78. The van der Waals surface area contributed by atoms with Crippen LogP contribution in [0.2, 0.25) is 10.0 Å². The summed E-state index contributed by atoms with van der Waals surface area (Å²) in [5.41, 5.74) is 0.0411. The van der Waals surface area contributed by atoms with Gasteiger partial charge >= 0.3 is 12.1 Å². The molecule has 13 heteroatoms. The number of fused-ring (bicyclic) bond motifs is 1. The third kappa shape index (κ3) is 6.64. The molecule has 0 spiro atoms. The largest absolute Gasteiger partial charge is 0.491 e. The number of carbonyl (C=O) groups is 1. The summed E-state index contributed by atoms with van der Waals surface area (Å²) in [6.45, 7) is 0.661. The first kappa shape index (κ1) is 28.8. The van der Waals surface area contributed by atoms with Crippen LogP contribution in [-0.2, 0) is 10.9 Å². The number of benzene rings is 1. The molecule has 0 unspecified atom stereocenters. The van der Waals surface area contributed by atoms with Crippen molar-refractivity contribution in [3.8, 4) is 17.0 Å². The highest BCUT2D eigenvalue weighted by atomic mass is 35.5. The molecule has 214 valence electrons. The number of halogens is 5. The van der Waals surface area contributed by atoms with Crippen LogP contribution in [0, 0.1) is 0 Å². The summed E-state index contributed by atoms with van der Waals surface area (Å²) in [4.78, 5) is 18.9. The Morgan fingerprint density at radius 3 is 2.56 bits per heavy atom. The number of pyridine rings is 2. The van der Waals surface area contributed by atoms with Crippen molar-refractivity contribution < 1.29 is 37.1 Å². The zero-order valence-electron chi connectivity index (χ0n) is 21.3. The van der Waals surface area contributed by atoms with Crippen LogP contribution in [0.25, 0.3) is 28.2 Å². The lowest BCUT2D eigenvalue weighted by molar-refractivity contribution is -0.136. The van der Waals surface area contributed by atoms with Crippen LogP contribution in [0.15, 0.2) is 47.3 Å². The van der Waals surface area contributed by atoms with Gasteiger partial charge in [-0.25, -0.2) is 9.78 Å². The zero-order valence-corrected chi connectivity index (χ0v) is 22.8. The number of carboxylic acids is 1. The fourth-order valence-electron chi connectivity index (χ4n) is 4.24. The summed E-state index contributed by atoms with van der Waals surface area (Å²) in [7, 11) is 0. The van der Waals surface area contributed by atoms with E-state index >= 15 is 0 Å². The number of rotatable bonds is 11. The van der Waals surface area contributed by atoms with Crippen molar-refractivity contribution in [3.63, 3.8) is 0 Å². The predicted molar refractivity (Wildman–Crippen MR) is 145 cm³/mol. The number of hydrogen-bond acceptors (Lipinski definition) is 7. The molecule has 0 radical (unpaired) electrons. The van der Waals surface area contributed by atoms with E-state index in [1.807, 2.05) is 12.2 Å². The van der Waals surface area contributed by atoms with Gasteiger partial charge in [-0.15, -0.1) is 0 Å². The number of aromatic carboxylic acids is 1. The average molecular weight is 608 g/mol. The Hall–Kier alpha value is -3.67. The number of alkyl halides is 3. The normalized spacial score (nSPS) is 13.8. The standard InChI is InChI=1S/C28H22Cl2F3N3O5/c29-20-13-34-14-21(30)24(20)25-17(26(41-36-25)15-4-5-15)3-1-2-8-39-9-10-40-16-6-7-22-18(11-16)19(28(31,32)33)12-23(35-22)27(37)38/h1,3,6-7,11-15H,2,4-5,8-10H2,(H,37,38)/b3-1+. The molecule has 1 aliphatic carbocycles. The molecule has 41 heavy (non-hydrogen) atoms. The maximum Gasteiger partial charge on any atom is 0.417 e. The minimum absolute atomic E-state index is 0.0951. The van der Waals surface area contributed by atoms with Crippen LogP contribution in [0.1, 0.15) is 52.6 Å². The lowest BCUT2D eigenvalue weighted by Crippen LogP contribution is -2.11. The van der Waals surface area contributed by atoms with Gasteiger partial charge in [0.25, 0.3) is 0 Å². The van der Waals surface area contributed by atoms with Gasteiger partial charge in [-0.1, -0.05) is 40.5 Å². The molecule has 8 nitrogen and oxygen atoms in total. The van der Waals surface area contributed by atoms with E-state index < -0.39 is 23.4 Å². The maximum absolute atomic E-state index is 13.5. The molecular weight excluding hydrogens is 586 g/mol. The summed E-state index contributed by atoms with van der Waals surface area (Å²) in [6.07, 6.45) is 4.67. The van der Waals surface area contributed by atoms with Crippen LogP contribution in [0.3, 0.4) is 0 Å². The third-order valence-electron chi connectivity index (χ3n) is 6.31. The molecule has 0 bridgehead atoms. The Labute approximate surface area is 241 Å². The minimum Gasteiger partial charge on any atom is -0.491 e. The summed E-state index contributed by atoms with van der Waals surface area (Å²) in [5.74, 6) is -0.274. The molecule has 1 fully saturated rings. The van der Waals surface area contributed by atoms with Crippen LogP contribution in [0.4, 0.5) is 13.2 Å². The van der Waals surface area contributed by atoms with Crippen molar-refractivity contribution in [1.82, 2.24) is 15.1 Å². The second-order valence-electron chi connectivity index (χ2n) is 9.25. The van der Waals surface area contributed by atoms with Crippen molar-refractivity contribution in [2.24, 2.45) is 0 Å². The van der Waals surface area contributed by atoms with Crippen LogP contribution < -0.4 is 4.74 Å². The van der Waals surface area contributed by atoms with E-state index in [2.05, 4.69) is 15.1 Å². The summed E-state index contributed by atoms with van der Waals surface area (Å²) in [5, 5.41) is 13.8. The molecule has 1 aliphatic rings. The topological polar surface area (TPSA) is 108 Å². The molecule has 3 aromatic heterocycles. The van der Waals surface area contributed by atoms with Gasteiger partial charge in [0.2, 0.25) is 0 Å². The van der Waals surface area contributed by atoms with Gasteiger partial charge < -0.3 is 19.1 Å². The zero-order chi connectivity index (χ0) is 29.1. The number of carboxylic acid groups (broad SMARTS) is 1. The van der Waals surface area contributed by atoms with Gasteiger partial charge in [-0.2, -0.15) is 13.2 Å². The molecule has 1 saturated carbocycles. The van der Waals surface area contributed by atoms with Crippen molar-refractivity contribution in [2.75, 3.05) is 19.8 Å². The molecular formula is C28H22Cl2F3N3O5. The van der Waals surface area contributed by atoms with Crippen molar-refractivity contribution >= 4 is 46.2 Å². The average Bonchev–Trinajstić information content (AvgIpc) is 3.69. The number of aromatic nitrogens is 3. The van der Waals surface area contributed by atoms with Gasteiger partial charge in [0.15, 0.2) is 0 Å². The first-order valence-electron chi connectivity index (χ1n) is 12.5. The van der Waals surface area contributed by atoms with Crippen molar-refractivity contribution in [1.29, 1.82) is 0 Å². The minimum atomic E-state index is -4.76. The summed E-state index contributed by atoms with van der Waals surface area (Å²) in [6, 6.07) is 4.43. The first-order valence-corrected chi connectivity index (χ1v) is 13.3. The smallest absolute Gasteiger partial charge is 0.417 e. The molecule has 5 rings (SSSR count).